The molecule has 1 aromatic heterocycles. The second kappa shape index (κ2) is 4.35. The Morgan fingerprint density at radius 3 is 2.89 bits per heavy atom. The van der Waals surface area contributed by atoms with E-state index in [1.165, 1.54) is 0 Å². The molecular weight excluding hydrogens is 240 g/mol. The van der Waals surface area contributed by atoms with E-state index in [0.29, 0.717) is 6.42 Å². The molecule has 2 aromatic rings. The van der Waals surface area contributed by atoms with E-state index in [-0.39, 0.29) is 11.9 Å². The van der Waals surface area contributed by atoms with Crippen LogP contribution in [0.25, 0.3) is 11.0 Å². The Morgan fingerprint density at radius 2 is 2.21 bits per heavy atom. The number of hydrogen-bond donors (Lipinski definition) is 1. The fourth-order valence-corrected chi connectivity index (χ4v) is 2.63. The van der Waals surface area contributed by atoms with Crippen molar-refractivity contribution in [1.82, 2.24) is 14.9 Å². The van der Waals surface area contributed by atoms with Gasteiger partial charge in [0.25, 0.3) is 0 Å². The number of hydrogen-bond acceptors (Lipinski definition) is 3. The molecule has 1 aliphatic heterocycles. The van der Waals surface area contributed by atoms with Crippen molar-refractivity contribution in [3.63, 3.8) is 0 Å². The summed E-state index contributed by atoms with van der Waals surface area (Å²) in [6, 6.07) is 6.27. The van der Waals surface area contributed by atoms with Gasteiger partial charge in [-0.15, -0.1) is 0 Å². The number of anilines is 1. The van der Waals surface area contributed by atoms with Crippen LogP contribution in [0.4, 0.5) is 5.69 Å². The molecule has 0 aliphatic carbocycles. The molecule has 1 saturated heterocycles. The molecule has 1 fully saturated rings. The van der Waals surface area contributed by atoms with E-state index in [1.54, 1.807) is 0 Å². The van der Waals surface area contributed by atoms with Gasteiger partial charge in [0, 0.05) is 31.7 Å². The first-order valence-electron chi connectivity index (χ1n) is 6.51. The van der Waals surface area contributed by atoms with Crippen molar-refractivity contribution in [3.8, 4) is 0 Å². The second-order valence-corrected chi connectivity index (χ2v) is 5.09. The van der Waals surface area contributed by atoms with Gasteiger partial charge in [0.05, 0.1) is 11.0 Å². The number of carbonyl (C=O) groups excluding carboxylic acids is 1. The Kier molecular flexibility index (Phi) is 2.78. The lowest BCUT2D eigenvalue weighted by Gasteiger charge is -2.16. The van der Waals surface area contributed by atoms with Crippen molar-refractivity contribution in [2.24, 2.45) is 7.05 Å². The molecule has 0 saturated carbocycles. The second-order valence-electron chi connectivity index (χ2n) is 5.09. The number of carbonyl (C=O) groups is 1. The molecule has 1 aromatic carbocycles. The molecule has 5 nitrogen and oxygen atoms in total. The number of aryl methyl sites for hydroxylation is 2. The highest BCUT2D eigenvalue weighted by atomic mass is 16.2. The number of rotatable bonds is 2. The van der Waals surface area contributed by atoms with Crippen LogP contribution in [0, 0.1) is 6.92 Å². The summed E-state index contributed by atoms with van der Waals surface area (Å²) in [4.78, 5) is 18.4. The Balaban J connectivity index is 2.00. The van der Waals surface area contributed by atoms with Crippen LogP contribution in [0.15, 0.2) is 18.2 Å². The summed E-state index contributed by atoms with van der Waals surface area (Å²) in [5.74, 6) is 1.15. The maximum absolute atomic E-state index is 12.0. The van der Waals surface area contributed by atoms with Gasteiger partial charge in [-0.25, -0.2) is 4.98 Å². The number of aromatic nitrogens is 2. The minimum absolute atomic E-state index is 0.173. The van der Waals surface area contributed by atoms with E-state index < -0.39 is 0 Å². The number of likely N-dealkylation sites (N-methyl/N-ethyl adjacent to an activating group) is 1. The third-order valence-corrected chi connectivity index (χ3v) is 3.93. The van der Waals surface area contributed by atoms with Crippen LogP contribution < -0.4 is 10.2 Å². The average molecular weight is 258 g/mol. The van der Waals surface area contributed by atoms with Crippen LogP contribution in [0.2, 0.25) is 0 Å². The number of nitrogens with one attached hydrogen (secondary N) is 1. The lowest BCUT2D eigenvalue weighted by Crippen LogP contribution is -2.30. The normalized spacial score (nSPS) is 19.6. The van der Waals surface area contributed by atoms with Crippen molar-refractivity contribution in [2.45, 2.75) is 19.4 Å². The molecule has 0 spiro atoms. The van der Waals surface area contributed by atoms with Crippen LogP contribution in [-0.4, -0.2) is 35.1 Å². The minimum Gasteiger partial charge on any atom is -0.331 e. The number of amides is 1. The van der Waals surface area contributed by atoms with Crippen LogP contribution >= 0.6 is 0 Å². The largest absolute Gasteiger partial charge is 0.331 e. The zero-order valence-electron chi connectivity index (χ0n) is 11.5. The van der Waals surface area contributed by atoms with Gasteiger partial charge in [0.1, 0.15) is 5.82 Å². The molecule has 1 atom stereocenters. The Morgan fingerprint density at radius 1 is 1.42 bits per heavy atom. The van der Waals surface area contributed by atoms with Crippen LogP contribution in [-0.2, 0) is 11.8 Å². The average Bonchev–Trinajstić information content (AvgIpc) is 2.91. The first kappa shape index (κ1) is 12.2. The molecule has 100 valence electrons. The lowest BCUT2D eigenvalue weighted by atomic mass is 10.2. The molecule has 3 rings (SSSR count). The minimum atomic E-state index is 0.173. The van der Waals surface area contributed by atoms with Gasteiger partial charge in [-0.3, -0.25) is 4.79 Å². The number of benzene rings is 1. The van der Waals surface area contributed by atoms with Crippen molar-refractivity contribution in [1.29, 1.82) is 0 Å². The van der Waals surface area contributed by atoms with Crippen LogP contribution in [0.5, 0.6) is 0 Å². The molecular formula is C14H18N4O. The first-order valence-corrected chi connectivity index (χ1v) is 6.51. The van der Waals surface area contributed by atoms with Crippen molar-refractivity contribution in [3.05, 3.63) is 24.0 Å². The zero-order chi connectivity index (χ0) is 13.6. The van der Waals surface area contributed by atoms with E-state index in [9.17, 15) is 4.79 Å². The standard InChI is InChI=1S/C14H18N4O/c1-9-16-12-7-11(4-5-13(12)17(9)3)18-8-10(15-2)6-14(18)19/h4-5,7,10,15H,6,8H2,1-3H3. The molecule has 5 heteroatoms. The van der Waals surface area contributed by atoms with Gasteiger partial charge >= 0.3 is 0 Å². The molecule has 1 N–H and O–H groups in total. The van der Waals surface area contributed by atoms with Crippen molar-refractivity contribution in [2.75, 3.05) is 18.5 Å². The quantitative estimate of drug-likeness (QED) is 0.880. The van der Waals surface area contributed by atoms with E-state index in [2.05, 4.69) is 14.9 Å². The summed E-state index contributed by atoms with van der Waals surface area (Å²) < 4.78 is 2.06. The molecule has 1 unspecified atom stereocenters. The monoisotopic (exact) mass is 258 g/mol. The molecule has 19 heavy (non-hydrogen) atoms. The SMILES string of the molecule is CNC1CC(=O)N(c2ccc3c(c2)nc(C)n3C)C1. The van der Waals surface area contributed by atoms with Gasteiger partial charge in [0.15, 0.2) is 0 Å². The van der Waals surface area contributed by atoms with E-state index in [4.69, 9.17) is 0 Å². The van der Waals surface area contributed by atoms with E-state index in [0.717, 1.165) is 29.1 Å². The molecule has 2 heterocycles. The van der Waals surface area contributed by atoms with Crippen molar-refractivity contribution < 1.29 is 4.79 Å². The van der Waals surface area contributed by atoms with Gasteiger partial charge in [-0.1, -0.05) is 0 Å². The molecule has 0 radical (unpaired) electrons. The zero-order valence-corrected chi connectivity index (χ0v) is 11.5. The summed E-state index contributed by atoms with van der Waals surface area (Å²) >= 11 is 0. The van der Waals surface area contributed by atoms with Gasteiger partial charge < -0.3 is 14.8 Å². The molecule has 1 aliphatic rings. The summed E-state index contributed by atoms with van der Waals surface area (Å²) in [6.07, 6.45) is 0.565. The third kappa shape index (κ3) is 1.90. The van der Waals surface area contributed by atoms with Gasteiger partial charge in [-0.05, 0) is 32.2 Å². The Hall–Kier alpha value is -1.88. The molecule has 1 amide bonds. The van der Waals surface area contributed by atoms with Crippen LogP contribution in [0.1, 0.15) is 12.2 Å². The third-order valence-electron chi connectivity index (χ3n) is 3.93. The van der Waals surface area contributed by atoms with Gasteiger partial charge in [0.2, 0.25) is 5.91 Å². The predicted octanol–water partition coefficient (Wildman–Crippen LogP) is 1.21. The number of fused-ring (bicyclic) bond motifs is 1. The van der Waals surface area contributed by atoms with Crippen LogP contribution in [0.3, 0.4) is 0 Å². The van der Waals surface area contributed by atoms with Gasteiger partial charge in [-0.2, -0.15) is 0 Å². The van der Waals surface area contributed by atoms with E-state index in [1.807, 2.05) is 44.1 Å². The first-order chi connectivity index (χ1) is 9.10. The highest BCUT2D eigenvalue weighted by Gasteiger charge is 2.29. The smallest absolute Gasteiger partial charge is 0.228 e. The number of nitrogens with zero attached hydrogens (tertiary/aromatic N) is 3. The fourth-order valence-electron chi connectivity index (χ4n) is 2.63. The topological polar surface area (TPSA) is 50.2 Å². The van der Waals surface area contributed by atoms with E-state index >= 15 is 0 Å². The summed E-state index contributed by atoms with van der Waals surface area (Å²) in [6.45, 7) is 2.71. The molecule has 0 bridgehead atoms. The Bertz CT molecular complexity index is 646. The maximum atomic E-state index is 12.0. The maximum Gasteiger partial charge on any atom is 0.228 e. The Labute approximate surface area is 112 Å². The van der Waals surface area contributed by atoms with Crippen molar-refractivity contribution >= 4 is 22.6 Å². The number of imidazole rings is 1. The summed E-state index contributed by atoms with van der Waals surface area (Å²) in [5.41, 5.74) is 2.98. The fraction of sp³-hybridized carbons (Fsp3) is 0.429. The predicted molar refractivity (Wildman–Crippen MR) is 75.3 cm³/mol. The highest BCUT2D eigenvalue weighted by molar-refractivity contribution is 5.97. The lowest BCUT2D eigenvalue weighted by molar-refractivity contribution is -0.117. The summed E-state index contributed by atoms with van der Waals surface area (Å²) in [5, 5.41) is 3.16. The highest BCUT2D eigenvalue weighted by Crippen LogP contribution is 2.25. The summed E-state index contributed by atoms with van der Waals surface area (Å²) in [7, 11) is 3.90.